The summed E-state index contributed by atoms with van der Waals surface area (Å²) in [5, 5.41) is 13.4. The molecule has 1 N–H and O–H groups in total. The molecule has 0 aliphatic rings. The summed E-state index contributed by atoms with van der Waals surface area (Å²) in [6.07, 6.45) is -2.57. The van der Waals surface area contributed by atoms with Gasteiger partial charge >= 0.3 is 12.3 Å². The molecule has 0 bridgehead atoms. The van der Waals surface area contributed by atoms with Crippen molar-refractivity contribution in [1.82, 2.24) is 9.78 Å². The van der Waals surface area contributed by atoms with Crippen LogP contribution in [0.25, 0.3) is 10.9 Å². The van der Waals surface area contributed by atoms with E-state index in [1.807, 2.05) is 0 Å². The van der Waals surface area contributed by atoms with Gasteiger partial charge in [0.25, 0.3) is 0 Å². The highest BCUT2D eigenvalue weighted by atomic mass is 19.4. The molecule has 0 aliphatic carbocycles. The number of aliphatic carboxylic acids is 1. The molecule has 0 spiro atoms. The van der Waals surface area contributed by atoms with Crippen LogP contribution in [0.1, 0.15) is 11.3 Å². The smallest absolute Gasteiger partial charge is 0.478 e. The molecule has 0 aliphatic heterocycles. The fourth-order valence-corrected chi connectivity index (χ4v) is 2.77. The van der Waals surface area contributed by atoms with Gasteiger partial charge < -0.3 is 9.84 Å². The molecule has 152 valence electrons. The molecular weight excluding hydrogens is 399 g/mol. The van der Waals surface area contributed by atoms with Crippen molar-refractivity contribution in [2.75, 3.05) is 0 Å². The maximum absolute atomic E-state index is 14.0. The monoisotopic (exact) mass is 412 g/mol. The number of rotatable bonds is 6. The highest BCUT2D eigenvalue weighted by Gasteiger charge is 2.31. The van der Waals surface area contributed by atoms with Gasteiger partial charge in [-0.1, -0.05) is 12.1 Å². The van der Waals surface area contributed by atoms with Crippen LogP contribution in [0, 0.1) is 11.6 Å². The van der Waals surface area contributed by atoms with Crippen molar-refractivity contribution in [2.45, 2.75) is 19.3 Å². The van der Waals surface area contributed by atoms with Crippen molar-refractivity contribution < 1.29 is 36.6 Å². The molecule has 0 atom stereocenters. The Morgan fingerprint density at radius 3 is 2.59 bits per heavy atom. The van der Waals surface area contributed by atoms with E-state index in [-0.39, 0.29) is 24.0 Å². The number of nitrogens with zero attached hydrogens (tertiary/aromatic N) is 2. The van der Waals surface area contributed by atoms with E-state index < -0.39 is 29.7 Å². The number of halogens is 5. The van der Waals surface area contributed by atoms with E-state index in [1.165, 1.54) is 22.9 Å². The Morgan fingerprint density at radius 1 is 1.17 bits per heavy atom. The summed E-state index contributed by atoms with van der Waals surface area (Å²) >= 11 is 0. The average Bonchev–Trinajstić information content (AvgIpc) is 2.93. The topological polar surface area (TPSA) is 64.3 Å². The number of ether oxygens (including phenoxy) is 1. The van der Waals surface area contributed by atoms with Crippen LogP contribution in [0.3, 0.4) is 0 Å². The minimum Gasteiger partial charge on any atom is -0.478 e. The zero-order chi connectivity index (χ0) is 21.2. The molecule has 0 fully saturated rings. The summed E-state index contributed by atoms with van der Waals surface area (Å²) in [4.78, 5) is 10.6. The van der Waals surface area contributed by atoms with Gasteiger partial charge in [0, 0.05) is 35.6 Å². The van der Waals surface area contributed by atoms with E-state index in [4.69, 9.17) is 5.11 Å². The third-order valence-electron chi connectivity index (χ3n) is 3.94. The van der Waals surface area contributed by atoms with Crippen LogP contribution >= 0.6 is 0 Å². The zero-order valence-corrected chi connectivity index (χ0v) is 14.6. The SMILES string of the molecule is O=C(O)C=CCc1nn(Cc2ccc(F)cc2F)c2cc(OC(F)(F)F)ccc12. The van der Waals surface area contributed by atoms with Gasteiger partial charge in [-0.05, 0) is 18.2 Å². The molecular formula is C19H13F5N2O3. The lowest BCUT2D eigenvalue weighted by Crippen LogP contribution is -2.17. The summed E-state index contributed by atoms with van der Waals surface area (Å²) in [6.45, 7) is -0.180. The lowest BCUT2D eigenvalue weighted by atomic mass is 10.1. The molecule has 3 aromatic rings. The number of carboxylic acids is 1. The third-order valence-corrected chi connectivity index (χ3v) is 3.94. The van der Waals surface area contributed by atoms with Crippen LogP contribution in [-0.2, 0) is 17.8 Å². The van der Waals surface area contributed by atoms with Crippen LogP contribution in [0.4, 0.5) is 22.0 Å². The first-order chi connectivity index (χ1) is 13.6. The molecule has 1 heterocycles. The Bertz CT molecular complexity index is 1090. The largest absolute Gasteiger partial charge is 0.573 e. The predicted octanol–water partition coefficient (Wildman–Crippen LogP) is 4.44. The summed E-state index contributed by atoms with van der Waals surface area (Å²) in [5.41, 5.74) is 0.665. The first-order valence-electron chi connectivity index (χ1n) is 8.21. The van der Waals surface area contributed by atoms with Crippen LogP contribution < -0.4 is 4.74 Å². The Kier molecular flexibility index (Phi) is 5.53. The van der Waals surface area contributed by atoms with E-state index >= 15 is 0 Å². The number of aromatic nitrogens is 2. The summed E-state index contributed by atoms with van der Waals surface area (Å²) < 4.78 is 69.9. The molecule has 0 amide bonds. The minimum absolute atomic E-state index is 0.0746. The summed E-state index contributed by atoms with van der Waals surface area (Å²) in [7, 11) is 0. The predicted molar refractivity (Wildman–Crippen MR) is 92.4 cm³/mol. The number of allylic oxidation sites excluding steroid dienone is 1. The number of carboxylic acid groups (broad SMARTS) is 1. The first-order valence-corrected chi connectivity index (χ1v) is 8.21. The molecule has 5 nitrogen and oxygen atoms in total. The lowest BCUT2D eigenvalue weighted by Gasteiger charge is -2.10. The van der Waals surface area contributed by atoms with Crippen LogP contribution in [-0.4, -0.2) is 27.2 Å². The second-order valence-electron chi connectivity index (χ2n) is 6.01. The highest BCUT2D eigenvalue weighted by molar-refractivity contribution is 5.84. The van der Waals surface area contributed by atoms with Gasteiger partial charge in [-0.3, -0.25) is 4.68 Å². The Morgan fingerprint density at radius 2 is 1.93 bits per heavy atom. The number of carbonyl (C=O) groups is 1. The van der Waals surface area contributed by atoms with E-state index in [2.05, 4.69) is 9.84 Å². The van der Waals surface area contributed by atoms with Crippen LogP contribution in [0.2, 0.25) is 0 Å². The number of benzene rings is 2. The van der Waals surface area contributed by atoms with Crippen molar-refractivity contribution in [3.8, 4) is 5.75 Å². The summed E-state index contributed by atoms with van der Waals surface area (Å²) in [6, 6.07) is 6.50. The molecule has 29 heavy (non-hydrogen) atoms. The maximum Gasteiger partial charge on any atom is 0.573 e. The Labute approximate surface area is 160 Å². The van der Waals surface area contributed by atoms with Gasteiger partial charge in [0.1, 0.15) is 17.4 Å². The number of alkyl halides is 3. The molecule has 3 rings (SSSR count). The van der Waals surface area contributed by atoms with Crippen molar-refractivity contribution in [2.24, 2.45) is 0 Å². The summed E-state index contributed by atoms with van der Waals surface area (Å²) in [5.74, 6) is -3.25. The number of hydrogen-bond donors (Lipinski definition) is 1. The second-order valence-corrected chi connectivity index (χ2v) is 6.01. The molecule has 10 heteroatoms. The average molecular weight is 412 g/mol. The van der Waals surface area contributed by atoms with Crippen LogP contribution in [0.5, 0.6) is 5.75 Å². The first kappa shape index (κ1) is 20.3. The van der Waals surface area contributed by atoms with Gasteiger partial charge in [0.05, 0.1) is 17.8 Å². The van der Waals surface area contributed by atoms with Gasteiger partial charge in [-0.15, -0.1) is 13.2 Å². The standard InChI is InChI=1S/C19H13F5N2O3/c20-12-5-4-11(15(21)8-12)10-26-17-9-13(29-19(22,23)24)6-7-14(17)16(25-26)2-1-3-18(27)28/h1,3-9H,2,10H2,(H,27,28). The van der Waals surface area contributed by atoms with E-state index in [1.54, 1.807) is 0 Å². The van der Waals surface area contributed by atoms with Gasteiger partial charge in [0.2, 0.25) is 0 Å². The highest BCUT2D eigenvalue weighted by Crippen LogP contribution is 2.29. The van der Waals surface area contributed by atoms with E-state index in [0.29, 0.717) is 17.1 Å². The van der Waals surface area contributed by atoms with Gasteiger partial charge in [-0.25, -0.2) is 13.6 Å². The van der Waals surface area contributed by atoms with Crippen molar-refractivity contribution >= 4 is 16.9 Å². The van der Waals surface area contributed by atoms with Crippen molar-refractivity contribution in [3.05, 3.63) is 71.4 Å². The van der Waals surface area contributed by atoms with Crippen LogP contribution in [0.15, 0.2) is 48.6 Å². The second kappa shape index (κ2) is 7.90. The maximum atomic E-state index is 14.0. The van der Waals surface area contributed by atoms with Gasteiger partial charge in [0.15, 0.2) is 0 Å². The number of hydrogen-bond acceptors (Lipinski definition) is 3. The fourth-order valence-electron chi connectivity index (χ4n) is 2.77. The van der Waals surface area contributed by atoms with E-state index in [9.17, 15) is 26.7 Å². The third kappa shape index (κ3) is 5.09. The molecule has 2 aromatic carbocycles. The molecule has 0 saturated heterocycles. The molecule has 0 saturated carbocycles. The fraction of sp³-hybridized carbons (Fsp3) is 0.158. The molecule has 1 aromatic heterocycles. The Hall–Kier alpha value is -3.43. The van der Waals surface area contributed by atoms with Crippen molar-refractivity contribution in [1.29, 1.82) is 0 Å². The lowest BCUT2D eigenvalue weighted by molar-refractivity contribution is -0.274. The molecule has 0 radical (unpaired) electrons. The van der Waals surface area contributed by atoms with E-state index in [0.717, 1.165) is 24.3 Å². The van der Waals surface area contributed by atoms with Crippen molar-refractivity contribution in [3.63, 3.8) is 0 Å². The molecule has 0 unspecified atom stereocenters. The Balaban J connectivity index is 2.04. The normalized spacial score (nSPS) is 12.0. The number of fused-ring (bicyclic) bond motifs is 1. The quantitative estimate of drug-likeness (QED) is 0.480. The van der Waals surface area contributed by atoms with Gasteiger partial charge in [-0.2, -0.15) is 5.10 Å². The minimum atomic E-state index is -4.89. The zero-order valence-electron chi connectivity index (χ0n) is 14.6.